The van der Waals surface area contributed by atoms with E-state index in [1.165, 1.54) is 102 Å². The fraction of sp³-hybridized carbons (Fsp3) is 0.786. The monoisotopic (exact) mass is 452 g/mol. The van der Waals surface area contributed by atoms with Gasteiger partial charge in [0.25, 0.3) is 0 Å². The highest BCUT2D eigenvalue weighted by Gasteiger charge is 2.07. The van der Waals surface area contributed by atoms with E-state index in [9.17, 15) is 0 Å². The summed E-state index contributed by atoms with van der Waals surface area (Å²) in [6.45, 7) is 4.44. The van der Waals surface area contributed by atoms with Gasteiger partial charge in [-0.1, -0.05) is 121 Å². The second-order valence-corrected chi connectivity index (χ2v) is 9.27. The van der Waals surface area contributed by atoms with Gasteiger partial charge in [0.1, 0.15) is 0 Å². The first-order valence-corrected chi connectivity index (χ1v) is 13.7. The maximum Gasteiger partial charge on any atom is 0.0810 e. The molecule has 0 N–H and O–H groups in total. The molecule has 0 radical (unpaired) electrons. The molecule has 0 bridgehead atoms. The Labute approximate surface area is 198 Å². The molecule has 1 atom stereocenters. The summed E-state index contributed by atoms with van der Waals surface area (Å²) < 4.78 is 11.8. The van der Waals surface area contributed by atoms with Gasteiger partial charge in [0.15, 0.2) is 0 Å². The average molecular weight is 453 g/mol. The first-order valence-electron chi connectivity index (χ1n) is 13.2. The van der Waals surface area contributed by atoms with Gasteiger partial charge in [0, 0.05) is 12.5 Å². The van der Waals surface area contributed by atoms with Crippen molar-refractivity contribution in [2.45, 2.75) is 122 Å². The van der Waals surface area contributed by atoms with Crippen LogP contribution in [-0.4, -0.2) is 25.2 Å². The van der Waals surface area contributed by atoms with Crippen LogP contribution in [0.1, 0.15) is 115 Å². The molecule has 2 nitrogen and oxygen atoms in total. The predicted octanol–water partition coefficient (Wildman–Crippen LogP) is 9.09. The Morgan fingerprint density at radius 3 is 1.65 bits per heavy atom. The van der Waals surface area contributed by atoms with Crippen LogP contribution in [-0.2, 0) is 16.1 Å². The third-order valence-electron chi connectivity index (χ3n) is 6.01. The molecule has 0 amide bonds. The molecule has 0 aliphatic rings. The van der Waals surface area contributed by atoms with E-state index in [0.717, 1.165) is 25.5 Å². The fourth-order valence-corrected chi connectivity index (χ4v) is 4.07. The predicted molar refractivity (Wildman–Crippen MR) is 136 cm³/mol. The van der Waals surface area contributed by atoms with Crippen molar-refractivity contribution in [3.05, 3.63) is 35.9 Å². The summed E-state index contributed by atoms with van der Waals surface area (Å²) in [5, 5.41) is 0. The van der Waals surface area contributed by atoms with E-state index in [1.54, 1.807) is 0 Å². The van der Waals surface area contributed by atoms with Crippen LogP contribution in [0.15, 0.2) is 30.3 Å². The molecule has 1 unspecified atom stereocenters. The van der Waals surface area contributed by atoms with Crippen LogP contribution in [0, 0.1) is 0 Å². The number of halogens is 1. The summed E-state index contributed by atoms with van der Waals surface area (Å²) >= 11 is 5.70. The van der Waals surface area contributed by atoms with E-state index in [1.807, 2.05) is 6.07 Å². The maximum absolute atomic E-state index is 5.98. The molecule has 1 aromatic carbocycles. The van der Waals surface area contributed by atoms with Crippen molar-refractivity contribution >= 4 is 11.6 Å². The number of alkyl halides is 1. The number of unbranched alkanes of at least 4 members (excludes halogenated alkanes) is 14. The van der Waals surface area contributed by atoms with Crippen LogP contribution in [0.5, 0.6) is 0 Å². The van der Waals surface area contributed by atoms with E-state index in [-0.39, 0.29) is 6.10 Å². The van der Waals surface area contributed by atoms with E-state index in [2.05, 4.69) is 31.2 Å². The molecule has 0 saturated heterocycles. The van der Waals surface area contributed by atoms with E-state index >= 15 is 0 Å². The first kappa shape index (κ1) is 28.5. The highest BCUT2D eigenvalue weighted by molar-refractivity contribution is 6.17. The lowest BCUT2D eigenvalue weighted by atomic mass is 10.0. The summed E-state index contributed by atoms with van der Waals surface area (Å²) in [6, 6.07) is 10.4. The van der Waals surface area contributed by atoms with Crippen LogP contribution in [0.2, 0.25) is 0 Å². The zero-order valence-corrected chi connectivity index (χ0v) is 21.1. The molecule has 1 rings (SSSR count). The van der Waals surface area contributed by atoms with Gasteiger partial charge < -0.3 is 9.47 Å². The normalized spacial score (nSPS) is 12.3. The van der Waals surface area contributed by atoms with Crippen molar-refractivity contribution in [3.8, 4) is 0 Å². The largest absolute Gasteiger partial charge is 0.379 e. The Morgan fingerprint density at radius 2 is 1.16 bits per heavy atom. The minimum absolute atomic E-state index is 0.205. The standard InChI is InChI=1S/C28H49ClO2/c1-2-28(31-25-27-21-17-16-18-22-27)26-30-24-20-15-13-11-9-7-5-3-4-6-8-10-12-14-19-23-29/h16-18,21-22,28H,2-15,19-20,23-26H2,1H3. The lowest BCUT2D eigenvalue weighted by Gasteiger charge is -2.16. The third kappa shape index (κ3) is 18.7. The van der Waals surface area contributed by atoms with E-state index in [4.69, 9.17) is 21.1 Å². The molecular formula is C28H49ClO2. The van der Waals surface area contributed by atoms with Crippen molar-refractivity contribution < 1.29 is 9.47 Å². The molecule has 0 fully saturated rings. The van der Waals surface area contributed by atoms with Crippen LogP contribution in [0.3, 0.4) is 0 Å². The van der Waals surface area contributed by atoms with Gasteiger partial charge in [0.05, 0.1) is 19.3 Å². The quantitative estimate of drug-likeness (QED) is 0.122. The minimum atomic E-state index is 0.205. The number of benzene rings is 1. The molecule has 0 aliphatic carbocycles. The fourth-order valence-electron chi connectivity index (χ4n) is 3.88. The molecule has 0 heterocycles. The maximum atomic E-state index is 5.98. The Balaban J connectivity index is 1.78. The SMILES string of the molecule is CCC(COCCCCCCCCCCCCCCCCCCl)OCc1ccccc1. The summed E-state index contributed by atoms with van der Waals surface area (Å²) in [4.78, 5) is 0. The van der Waals surface area contributed by atoms with Gasteiger partial charge in [-0.15, -0.1) is 11.6 Å². The van der Waals surface area contributed by atoms with Crippen molar-refractivity contribution in [1.29, 1.82) is 0 Å². The second-order valence-electron chi connectivity index (χ2n) is 8.89. The van der Waals surface area contributed by atoms with Gasteiger partial charge in [-0.3, -0.25) is 0 Å². The van der Waals surface area contributed by atoms with Crippen molar-refractivity contribution in [2.75, 3.05) is 19.1 Å². The number of hydrogen-bond donors (Lipinski definition) is 0. The molecule has 180 valence electrons. The van der Waals surface area contributed by atoms with Crippen molar-refractivity contribution in [1.82, 2.24) is 0 Å². The molecule has 31 heavy (non-hydrogen) atoms. The molecule has 0 spiro atoms. The lowest BCUT2D eigenvalue weighted by Crippen LogP contribution is -2.19. The summed E-state index contributed by atoms with van der Waals surface area (Å²) in [6.07, 6.45) is 21.7. The number of ether oxygens (including phenoxy) is 2. The lowest BCUT2D eigenvalue weighted by molar-refractivity contribution is -0.0269. The van der Waals surface area contributed by atoms with Crippen molar-refractivity contribution in [2.24, 2.45) is 0 Å². The molecule has 0 aliphatic heterocycles. The number of rotatable bonds is 23. The van der Waals surface area contributed by atoms with Crippen LogP contribution in [0.25, 0.3) is 0 Å². The average Bonchev–Trinajstić information content (AvgIpc) is 2.81. The highest BCUT2D eigenvalue weighted by atomic mass is 35.5. The zero-order chi connectivity index (χ0) is 22.2. The van der Waals surface area contributed by atoms with Crippen LogP contribution in [0.4, 0.5) is 0 Å². The molecule has 0 aromatic heterocycles. The van der Waals surface area contributed by atoms with Gasteiger partial charge >= 0.3 is 0 Å². The molecule has 0 saturated carbocycles. The summed E-state index contributed by atoms with van der Waals surface area (Å²) in [5.41, 5.74) is 1.23. The Morgan fingerprint density at radius 1 is 0.677 bits per heavy atom. The number of hydrogen-bond acceptors (Lipinski definition) is 2. The summed E-state index contributed by atoms with van der Waals surface area (Å²) in [7, 11) is 0. The Kier molecular flexibility index (Phi) is 20.8. The van der Waals surface area contributed by atoms with Gasteiger partial charge in [-0.25, -0.2) is 0 Å². The third-order valence-corrected chi connectivity index (χ3v) is 6.28. The Bertz CT molecular complexity index is 465. The van der Waals surface area contributed by atoms with Gasteiger partial charge in [-0.05, 0) is 24.8 Å². The topological polar surface area (TPSA) is 18.5 Å². The van der Waals surface area contributed by atoms with Gasteiger partial charge in [-0.2, -0.15) is 0 Å². The second kappa shape index (κ2) is 22.6. The zero-order valence-electron chi connectivity index (χ0n) is 20.3. The van der Waals surface area contributed by atoms with Crippen LogP contribution >= 0.6 is 11.6 Å². The molecule has 3 heteroatoms. The Hall–Kier alpha value is -0.570. The van der Waals surface area contributed by atoms with Crippen molar-refractivity contribution in [3.63, 3.8) is 0 Å². The smallest absolute Gasteiger partial charge is 0.0810 e. The summed E-state index contributed by atoms with van der Waals surface area (Å²) in [5.74, 6) is 0.832. The van der Waals surface area contributed by atoms with Crippen LogP contribution < -0.4 is 0 Å². The van der Waals surface area contributed by atoms with Gasteiger partial charge in [0.2, 0.25) is 0 Å². The molecular weight excluding hydrogens is 404 g/mol. The minimum Gasteiger partial charge on any atom is -0.379 e. The van der Waals surface area contributed by atoms with E-state index < -0.39 is 0 Å². The highest BCUT2D eigenvalue weighted by Crippen LogP contribution is 2.14. The van der Waals surface area contributed by atoms with E-state index in [0.29, 0.717) is 6.61 Å². The molecule has 1 aromatic rings. The first-order chi connectivity index (χ1) is 15.4.